The molecule has 3 unspecified atom stereocenters. The molecule has 2 fully saturated rings. The number of alkyl halides is 3. The summed E-state index contributed by atoms with van der Waals surface area (Å²) < 4.78 is 40.8. The maximum Gasteiger partial charge on any atom is 0.411 e. The molecule has 0 aliphatic carbocycles. The van der Waals surface area contributed by atoms with Gasteiger partial charge in [-0.15, -0.1) is 0 Å². The van der Waals surface area contributed by atoms with Gasteiger partial charge in [0, 0.05) is 30.7 Å². The predicted octanol–water partition coefficient (Wildman–Crippen LogP) is 1.83. The van der Waals surface area contributed by atoms with Gasteiger partial charge < -0.3 is 9.84 Å². The summed E-state index contributed by atoms with van der Waals surface area (Å²) in [6.07, 6.45) is -3.34. The molecule has 2 heterocycles. The lowest BCUT2D eigenvalue weighted by Crippen LogP contribution is -2.61. The van der Waals surface area contributed by atoms with Crippen molar-refractivity contribution in [3.63, 3.8) is 0 Å². The number of rotatable bonds is 4. The van der Waals surface area contributed by atoms with Gasteiger partial charge in [0.15, 0.2) is 0 Å². The van der Waals surface area contributed by atoms with Gasteiger partial charge in [0.25, 0.3) is 0 Å². The largest absolute Gasteiger partial charge is 0.411 e. The van der Waals surface area contributed by atoms with Crippen LogP contribution in [0.25, 0.3) is 0 Å². The van der Waals surface area contributed by atoms with E-state index < -0.39 is 19.0 Å². The minimum Gasteiger partial charge on any atom is -0.376 e. The fraction of sp³-hybridized carbons (Fsp3) is 1.00. The van der Waals surface area contributed by atoms with Crippen LogP contribution in [0.4, 0.5) is 13.2 Å². The summed E-state index contributed by atoms with van der Waals surface area (Å²) in [5, 5.41) is 10.2. The Kier molecular flexibility index (Phi) is 4.87. The van der Waals surface area contributed by atoms with Crippen molar-refractivity contribution in [2.45, 2.75) is 63.6 Å². The van der Waals surface area contributed by atoms with Crippen molar-refractivity contribution in [1.29, 1.82) is 0 Å². The lowest BCUT2D eigenvalue weighted by molar-refractivity contribution is -0.190. The molecule has 21 heavy (non-hydrogen) atoms. The monoisotopic (exact) mass is 310 g/mol. The molecule has 2 aliphatic heterocycles. The van der Waals surface area contributed by atoms with Gasteiger partial charge in [-0.05, 0) is 33.6 Å². The second-order valence-electron chi connectivity index (χ2n) is 7.02. The zero-order valence-electron chi connectivity index (χ0n) is 12.9. The van der Waals surface area contributed by atoms with Gasteiger partial charge in [-0.25, -0.2) is 0 Å². The average Bonchev–Trinajstić information content (AvgIpc) is 2.56. The Balaban J connectivity index is 1.88. The lowest BCUT2D eigenvalue weighted by atomic mass is 10.0. The maximum absolute atomic E-state index is 12.1. The van der Waals surface area contributed by atoms with Gasteiger partial charge in [0.05, 0.1) is 6.61 Å². The highest BCUT2D eigenvalue weighted by Crippen LogP contribution is 2.34. The van der Waals surface area contributed by atoms with Gasteiger partial charge in [-0.3, -0.25) is 9.80 Å². The van der Waals surface area contributed by atoms with Gasteiger partial charge in [0.2, 0.25) is 0 Å². The van der Waals surface area contributed by atoms with Crippen LogP contribution in [-0.2, 0) is 4.74 Å². The average molecular weight is 310 g/mol. The van der Waals surface area contributed by atoms with E-state index >= 15 is 0 Å². The molecule has 0 radical (unpaired) electrons. The first-order valence-electron chi connectivity index (χ1n) is 7.43. The predicted molar refractivity (Wildman–Crippen MR) is 72.9 cm³/mol. The summed E-state index contributed by atoms with van der Waals surface area (Å²) in [7, 11) is 0. The molecule has 1 N–H and O–H groups in total. The summed E-state index contributed by atoms with van der Waals surface area (Å²) in [6.45, 7) is 6.57. The lowest BCUT2D eigenvalue weighted by Gasteiger charge is -2.48. The zero-order valence-corrected chi connectivity index (χ0v) is 12.9. The van der Waals surface area contributed by atoms with Crippen LogP contribution in [0.5, 0.6) is 0 Å². The van der Waals surface area contributed by atoms with Crippen LogP contribution in [0.15, 0.2) is 0 Å². The van der Waals surface area contributed by atoms with Crippen LogP contribution in [0.1, 0.15) is 33.6 Å². The molecule has 0 aromatic heterocycles. The molecule has 0 saturated carbocycles. The Bertz CT molecular complexity index is 343. The molecule has 0 aromatic rings. The number of fused-ring (bicyclic) bond motifs is 2. The third-order valence-electron chi connectivity index (χ3n) is 4.36. The van der Waals surface area contributed by atoms with E-state index in [4.69, 9.17) is 0 Å². The van der Waals surface area contributed by atoms with Crippen LogP contribution in [0.2, 0.25) is 0 Å². The van der Waals surface area contributed by atoms with Crippen molar-refractivity contribution >= 4 is 0 Å². The third kappa shape index (κ3) is 4.31. The summed E-state index contributed by atoms with van der Waals surface area (Å²) in [5.74, 6) is 0. The van der Waals surface area contributed by atoms with Crippen LogP contribution in [-0.4, -0.2) is 71.2 Å². The summed E-state index contributed by atoms with van der Waals surface area (Å²) in [5.41, 5.74) is 0.0741. The van der Waals surface area contributed by atoms with Crippen LogP contribution < -0.4 is 0 Å². The van der Waals surface area contributed by atoms with Gasteiger partial charge in [-0.1, -0.05) is 0 Å². The van der Waals surface area contributed by atoms with Crippen LogP contribution in [0.3, 0.4) is 0 Å². The van der Waals surface area contributed by atoms with Crippen molar-refractivity contribution in [2.24, 2.45) is 0 Å². The number of aliphatic hydroxyl groups is 1. The highest BCUT2D eigenvalue weighted by molar-refractivity contribution is 4.99. The Hall–Kier alpha value is -0.370. The number of piperazine rings is 1. The first kappa shape index (κ1) is 17.0. The number of nitrogens with zero attached hydrogens (tertiary/aromatic N) is 2. The number of ether oxygens (including phenoxy) is 1. The summed E-state index contributed by atoms with van der Waals surface area (Å²) in [4.78, 5) is 4.33. The molecule has 0 aromatic carbocycles. The van der Waals surface area contributed by atoms with E-state index in [1.54, 1.807) is 0 Å². The molecule has 3 atom stereocenters. The Morgan fingerprint density at radius 3 is 2.10 bits per heavy atom. The maximum atomic E-state index is 12.1. The highest BCUT2D eigenvalue weighted by atomic mass is 19.4. The van der Waals surface area contributed by atoms with E-state index in [2.05, 4.69) is 30.4 Å². The second-order valence-corrected chi connectivity index (χ2v) is 7.02. The third-order valence-corrected chi connectivity index (χ3v) is 4.36. The first-order valence-corrected chi connectivity index (χ1v) is 7.43. The molecule has 2 aliphatic rings. The SMILES string of the molecule is CC(C)(C)N1CC2CCC(C1)N2C(O)COCC(F)(F)F. The molecular weight excluding hydrogens is 285 g/mol. The molecule has 0 spiro atoms. The van der Waals surface area contributed by atoms with E-state index in [1.165, 1.54) is 0 Å². The van der Waals surface area contributed by atoms with Gasteiger partial charge in [0.1, 0.15) is 12.8 Å². The minimum absolute atomic E-state index is 0.0741. The number of hydrogen-bond acceptors (Lipinski definition) is 4. The van der Waals surface area contributed by atoms with Crippen LogP contribution >= 0.6 is 0 Å². The number of aliphatic hydroxyl groups excluding tert-OH is 1. The molecule has 2 bridgehead atoms. The molecule has 7 heteroatoms. The van der Waals surface area contributed by atoms with E-state index in [0.29, 0.717) is 0 Å². The number of halogens is 3. The normalized spacial score (nSPS) is 29.9. The minimum atomic E-state index is -4.34. The molecule has 2 saturated heterocycles. The van der Waals surface area contributed by atoms with Crippen molar-refractivity contribution in [3.05, 3.63) is 0 Å². The number of hydrogen-bond donors (Lipinski definition) is 1. The summed E-state index contributed by atoms with van der Waals surface area (Å²) >= 11 is 0. The Labute approximate surface area is 123 Å². The van der Waals surface area contributed by atoms with Crippen molar-refractivity contribution < 1.29 is 23.0 Å². The van der Waals surface area contributed by atoms with E-state index in [0.717, 1.165) is 25.9 Å². The quantitative estimate of drug-likeness (QED) is 0.859. The first-order chi connectivity index (χ1) is 9.58. The fourth-order valence-electron chi connectivity index (χ4n) is 3.34. The molecule has 124 valence electrons. The topological polar surface area (TPSA) is 35.9 Å². The van der Waals surface area contributed by atoms with Crippen LogP contribution in [0, 0.1) is 0 Å². The Morgan fingerprint density at radius 2 is 1.67 bits per heavy atom. The summed E-state index contributed by atoms with van der Waals surface area (Å²) in [6, 6.07) is 0.403. The second kappa shape index (κ2) is 6.02. The molecular formula is C14H25F3N2O2. The molecule has 4 nitrogen and oxygen atoms in total. The molecule has 2 rings (SSSR count). The van der Waals surface area contributed by atoms with Crippen molar-refractivity contribution in [1.82, 2.24) is 9.80 Å². The highest BCUT2D eigenvalue weighted by Gasteiger charge is 2.45. The zero-order chi connectivity index (χ0) is 15.8. The standard InChI is InChI=1S/C14H25F3N2O2/c1-13(2,3)18-6-10-4-5-11(7-18)19(10)12(20)8-21-9-14(15,16)17/h10-12,20H,4-9H2,1-3H3. The number of likely N-dealkylation sites (tertiary alicyclic amines) is 1. The van der Waals surface area contributed by atoms with E-state index in [1.807, 2.05) is 4.90 Å². The van der Waals surface area contributed by atoms with Gasteiger partial charge in [-0.2, -0.15) is 13.2 Å². The van der Waals surface area contributed by atoms with Gasteiger partial charge >= 0.3 is 6.18 Å². The smallest absolute Gasteiger partial charge is 0.376 e. The molecule has 0 amide bonds. The van der Waals surface area contributed by atoms with Crippen molar-refractivity contribution in [3.8, 4) is 0 Å². The van der Waals surface area contributed by atoms with E-state index in [-0.39, 0.29) is 24.2 Å². The fourth-order valence-corrected chi connectivity index (χ4v) is 3.34. The van der Waals surface area contributed by atoms with Crippen molar-refractivity contribution in [2.75, 3.05) is 26.3 Å². The van der Waals surface area contributed by atoms with E-state index in [9.17, 15) is 18.3 Å². The Morgan fingerprint density at radius 1 is 1.14 bits per heavy atom.